The molecule has 0 saturated carbocycles. The van der Waals surface area contributed by atoms with Crippen molar-refractivity contribution in [2.45, 2.75) is 39.3 Å². The Balaban J connectivity index is 1.95. The summed E-state index contributed by atoms with van der Waals surface area (Å²) in [5.41, 5.74) is 2.47. The van der Waals surface area contributed by atoms with Gasteiger partial charge in [0.1, 0.15) is 6.04 Å². The van der Waals surface area contributed by atoms with E-state index in [1.807, 2.05) is 30.6 Å². The van der Waals surface area contributed by atoms with Gasteiger partial charge in [0.25, 0.3) is 5.91 Å². The normalized spacial score (nSPS) is 12.0. The average Bonchev–Trinajstić information content (AvgIpc) is 3.14. The van der Waals surface area contributed by atoms with Gasteiger partial charge in [-0.15, -0.1) is 11.3 Å². The van der Waals surface area contributed by atoms with E-state index in [0.29, 0.717) is 0 Å². The van der Waals surface area contributed by atoms with E-state index in [1.54, 1.807) is 11.3 Å². The molecule has 0 aliphatic carbocycles. The highest BCUT2D eigenvalue weighted by Crippen LogP contribution is 2.23. The molecule has 0 saturated heterocycles. The molecule has 0 unspecified atom stereocenters. The second-order valence-corrected chi connectivity index (χ2v) is 7.51. The fourth-order valence-corrected chi connectivity index (χ4v) is 3.54. The summed E-state index contributed by atoms with van der Waals surface area (Å²) in [5, 5.41) is 9.50. The van der Waals surface area contributed by atoms with Gasteiger partial charge < -0.3 is 16.0 Å². The van der Waals surface area contributed by atoms with Gasteiger partial charge in [0, 0.05) is 11.6 Å². The maximum atomic E-state index is 12.1. The van der Waals surface area contributed by atoms with Crippen molar-refractivity contribution in [1.29, 1.82) is 0 Å². The van der Waals surface area contributed by atoms with Gasteiger partial charge in [0.2, 0.25) is 5.91 Å². The molecule has 2 rings (SSSR count). The van der Waals surface area contributed by atoms with E-state index in [2.05, 4.69) is 47.9 Å². The fraction of sp³-hybridized carbons (Fsp3) is 0.400. The van der Waals surface area contributed by atoms with Crippen molar-refractivity contribution in [1.82, 2.24) is 10.6 Å². The molecule has 140 valence electrons. The van der Waals surface area contributed by atoms with E-state index < -0.39 is 0 Å². The van der Waals surface area contributed by atoms with Crippen LogP contribution in [-0.2, 0) is 16.0 Å². The third-order valence-corrected chi connectivity index (χ3v) is 4.99. The van der Waals surface area contributed by atoms with Crippen LogP contribution in [0.2, 0.25) is 0 Å². The van der Waals surface area contributed by atoms with E-state index in [1.165, 1.54) is 16.0 Å². The Kier molecular flexibility index (Phi) is 7.81. The molecule has 0 radical (unpaired) electrons. The van der Waals surface area contributed by atoms with Crippen LogP contribution >= 0.6 is 11.3 Å². The van der Waals surface area contributed by atoms with Crippen LogP contribution in [0.5, 0.6) is 0 Å². The third kappa shape index (κ3) is 6.28. The summed E-state index contributed by atoms with van der Waals surface area (Å²) in [6.07, 6.45) is 1.01. The maximum Gasteiger partial charge on any atom is 0.275 e. The second kappa shape index (κ2) is 10.1. The number of thiophene rings is 1. The van der Waals surface area contributed by atoms with Crippen LogP contribution < -0.4 is 16.0 Å². The molecule has 1 heterocycles. The Labute approximate surface area is 159 Å². The lowest BCUT2D eigenvalue weighted by molar-refractivity contribution is -0.676. The number of carbonyl (C=O) groups is 2. The number of benzene rings is 1. The predicted molar refractivity (Wildman–Crippen MR) is 105 cm³/mol. The van der Waals surface area contributed by atoms with Crippen LogP contribution in [0.1, 0.15) is 42.8 Å². The summed E-state index contributed by atoms with van der Waals surface area (Å²) >= 11 is 1.69. The molecule has 26 heavy (non-hydrogen) atoms. The van der Waals surface area contributed by atoms with E-state index >= 15 is 0 Å². The first-order valence-corrected chi connectivity index (χ1v) is 9.89. The molecule has 0 spiro atoms. The van der Waals surface area contributed by atoms with Crippen molar-refractivity contribution in [2.75, 3.05) is 13.1 Å². The van der Waals surface area contributed by atoms with Gasteiger partial charge in [-0.05, 0) is 37.3 Å². The Morgan fingerprint density at radius 2 is 1.85 bits per heavy atom. The molecule has 2 amide bonds. The lowest BCUT2D eigenvalue weighted by Gasteiger charge is -2.15. The van der Waals surface area contributed by atoms with Crippen LogP contribution in [0.25, 0.3) is 0 Å². The van der Waals surface area contributed by atoms with Crippen LogP contribution in [0, 0.1) is 0 Å². The van der Waals surface area contributed by atoms with E-state index in [9.17, 15) is 9.59 Å². The molecule has 0 aliphatic rings. The standard InChI is InChI=1S/C20H27N3O2S/c1-4-15-7-9-16(10-8-15)20(17-6-5-11-26-17)22-12-18(24)21-13-19(25)23-14(2)3/h5-11,14,20,22H,4,12-13H2,1-3H3,(H,21,24)(H,23,25)/p+1/t20-/m1/s1. The number of nitrogens with two attached hydrogens (primary N) is 1. The molecular formula is C20H28N3O2S+. The Bertz CT molecular complexity index is 696. The Hall–Kier alpha value is -2.18. The van der Waals surface area contributed by atoms with Crippen molar-refractivity contribution in [3.05, 3.63) is 57.8 Å². The third-order valence-electron chi connectivity index (χ3n) is 4.03. The minimum Gasteiger partial charge on any atom is -0.352 e. The molecule has 1 atom stereocenters. The Morgan fingerprint density at radius 1 is 1.12 bits per heavy atom. The highest BCUT2D eigenvalue weighted by atomic mass is 32.1. The highest BCUT2D eigenvalue weighted by Gasteiger charge is 2.20. The Morgan fingerprint density at radius 3 is 2.42 bits per heavy atom. The SMILES string of the molecule is CCc1ccc([C@@H]([NH2+]CC(=O)NCC(=O)NC(C)C)c2cccs2)cc1. The van der Waals surface area contributed by atoms with Crippen LogP contribution in [0.15, 0.2) is 41.8 Å². The monoisotopic (exact) mass is 374 g/mol. The summed E-state index contributed by atoms with van der Waals surface area (Å²) in [7, 11) is 0. The largest absolute Gasteiger partial charge is 0.352 e. The van der Waals surface area contributed by atoms with Gasteiger partial charge in [-0.1, -0.05) is 37.3 Å². The molecular weight excluding hydrogens is 346 g/mol. The zero-order chi connectivity index (χ0) is 18.9. The highest BCUT2D eigenvalue weighted by molar-refractivity contribution is 7.10. The van der Waals surface area contributed by atoms with E-state index in [4.69, 9.17) is 0 Å². The van der Waals surface area contributed by atoms with Gasteiger partial charge >= 0.3 is 0 Å². The summed E-state index contributed by atoms with van der Waals surface area (Å²) in [5.74, 6) is -0.311. The van der Waals surface area contributed by atoms with Crippen molar-refractivity contribution < 1.29 is 14.9 Å². The smallest absolute Gasteiger partial charge is 0.275 e. The molecule has 0 aliphatic heterocycles. The predicted octanol–water partition coefficient (Wildman–Crippen LogP) is 1.60. The molecule has 1 aromatic carbocycles. The van der Waals surface area contributed by atoms with Crippen LogP contribution in [0.3, 0.4) is 0 Å². The van der Waals surface area contributed by atoms with Gasteiger partial charge in [0.05, 0.1) is 11.4 Å². The number of aryl methyl sites for hydroxylation is 1. The summed E-state index contributed by atoms with van der Waals surface area (Å²) in [6, 6.07) is 12.8. The van der Waals surface area contributed by atoms with Gasteiger partial charge in [-0.25, -0.2) is 0 Å². The zero-order valence-electron chi connectivity index (χ0n) is 15.6. The van der Waals surface area contributed by atoms with E-state index in [-0.39, 0.29) is 37.0 Å². The quantitative estimate of drug-likeness (QED) is 0.624. The van der Waals surface area contributed by atoms with E-state index in [0.717, 1.165) is 6.42 Å². The lowest BCUT2D eigenvalue weighted by atomic mass is 10.0. The first kappa shape index (κ1) is 20.1. The summed E-state index contributed by atoms with van der Waals surface area (Å²) in [6.45, 7) is 6.20. The average molecular weight is 375 g/mol. The molecule has 4 N–H and O–H groups in total. The van der Waals surface area contributed by atoms with Crippen LogP contribution in [-0.4, -0.2) is 30.9 Å². The first-order chi connectivity index (χ1) is 12.5. The van der Waals surface area contributed by atoms with Crippen LogP contribution in [0.4, 0.5) is 0 Å². The van der Waals surface area contributed by atoms with Gasteiger partial charge in [-0.2, -0.15) is 0 Å². The van der Waals surface area contributed by atoms with Crippen molar-refractivity contribution >= 4 is 23.2 Å². The zero-order valence-corrected chi connectivity index (χ0v) is 16.4. The number of quaternary nitrogens is 1. The van der Waals surface area contributed by atoms with Crippen molar-refractivity contribution in [2.24, 2.45) is 0 Å². The van der Waals surface area contributed by atoms with Crippen molar-refractivity contribution in [3.8, 4) is 0 Å². The fourth-order valence-electron chi connectivity index (χ4n) is 2.69. The minimum absolute atomic E-state index is 0.0136. The summed E-state index contributed by atoms with van der Waals surface area (Å²) in [4.78, 5) is 25.0. The molecule has 1 aromatic heterocycles. The second-order valence-electron chi connectivity index (χ2n) is 6.53. The first-order valence-electron chi connectivity index (χ1n) is 9.01. The molecule has 0 bridgehead atoms. The van der Waals surface area contributed by atoms with Gasteiger partial charge in [0.15, 0.2) is 6.54 Å². The van der Waals surface area contributed by atoms with Crippen molar-refractivity contribution in [3.63, 3.8) is 0 Å². The topological polar surface area (TPSA) is 74.8 Å². The number of hydrogen-bond acceptors (Lipinski definition) is 3. The number of carbonyl (C=O) groups excluding carboxylic acids is 2. The maximum absolute atomic E-state index is 12.1. The van der Waals surface area contributed by atoms with Gasteiger partial charge in [-0.3, -0.25) is 9.59 Å². The molecule has 5 nitrogen and oxygen atoms in total. The number of amides is 2. The lowest BCUT2D eigenvalue weighted by Crippen LogP contribution is -2.87. The molecule has 0 fully saturated rings. The summed E-state index contributed by atoms with van der Waals surface area (Å²) < 4.78 is 0. The number of rotatable bonds is 9. The molecule has 6 heteroatoms. The number of nitrogens with one attached hydrogen (secondary N) is 2. The minimum atomic E-state index is -0.168. The number of hydrogen-bond donors (Lipinski definition) is 3. The molecule has 2 aromatic rings.